The SMILES string of the molecule is Cl.NC1CCc2cnc(C3CCCS3)n2C1. The van der Waals surface area contributed by atoms with E-state index < -0.39 is 0 Å². The van der Waals surface area contributed by atoms with Gasteiger partial charge >= 0.3 is 0 Å². The van der Waals surface area contributed by atoms with E-state index in [2.05, 4.69) is 15.7 Å². The minimum atomic E-state index is 0. The highest BCUT2D eigenvalue weighted by atomic mass is 35.5. The maximum Gasteiger partial charge on any atom is 0.122 e. The van der Waals surface area contributed by atoms with E-state index in [4.69, 9.17) is 5.73 Å². The Labute approximate surface area is 107 Å². The number of hydrogen-bond donors (Lipinski definition) is 1. The highest BCUT2D eigenvalue weighted by Gasteiger charge is 2.26. The molecule has 0 saturated carbocycles. The molecule has 2 aliphatic rings. The fourth-order valence-electron chi connectivity index (χ4n) is 2.53. The Hall–Kier alpha value is -0.190. The lowest BCUT2D eigenvalue weighted by Gasteiger charge is -2.23. The third kappa shape index (κ3) is 2.11. The first kappa shape index (κ1) is 12.3. The molecule has 3 nitrogen and oxygen atoms in total. The van der Waals surface area contributed by atoms with Gasteiger partial charge in [-0.1, -0.05) is 0 Å². The van der Waals surface area contributed by atoms with Crippen LogP contribution in [-0.4, -0.2) is 21.3 Å². The standard InChI is InChI=1S/C11H17N3S.ClH/c12-8-3-4-9-6-13-11(14(9)7-8)10-2-1-5-15-10;/h6,8,10H,1-5,7,12H2;1H. The van der Waals surface area contributed by atoms with Crippen LogP contribution >= 0.6 is 24.2 Å². The maximum absolute atomic E-state index is 6.02. The van der Waals surface area contributed by atoms with Gasteiger partial charge in [-0.15, -0.1) is 12.4 Å². The number of rotatable bonds is 1. The maximum atomic E-state index is 6.02. The van der Waals surface area contributed by atoms with Gasteiger partial charge < -0.3 is 10.3 Å². The number of imidazole rings is 1. The van der Waals surface area contributed by atoms with Crippen molar-refractivity contribution in [1.82, 2.24) is 9.55 Å². The van der Waals surface area contributed by atoms with Crippen molar-refractivity contribution in [2.24, 2.45) is 5.73 Å². The smallest absolute Gasteiger partial charge is 0.122 e. The summed E-state index contributed by atoms with van der Waals surface area (Å²) in [4.78, 5) is 4.60. The molecular weight excluding hydrogens is 242 g/mol. The summed E-state index contributed by atoms with van der Waals surface area (Å²) in [6.07, 6.45) is 6.90. The minimum Gasteiger partial charge on any atom is -0.330 e. The summed E-state index contributed by atoms with van der Waals surface area (Å²) in [6, 6.07) is 0.330. The number of nitrogens with two attached hydrogens (primary N) is 1. The van der Waals surface area contributed by atoms with Gasteiger partial charge in [0, 0.05) is 24.5 Å². The highest BCUT2D eigenvalue weighted by Crippen LogP contribution is 2.39. The number of thioether (sulfide) groups is 1. The molecule has 1 aromatic heterocycles. The zero-order chi connectivity index (χ0) is 10.3. The quantitative estimate of drug-likeness (QED) is 0.841. The summed E-state index contributed by atoms with van der Waals surface area (Å²) in [5, 5.41) is 0.629. The lowest BCUT2D eigenvalue weighted by atomic mass is 10.1. The molecule has 0 spiro atoms. The molecule has 90 valence electrons. The first-order valence-corrected chi connectivity index (χ1v) is 6.81. The molecule has 5 heteroatoms. The molecule has 16 heavy (non-hydrogen) atoms. The van der Waals surface area contributed by atoms with Gasteiger partial charge in [-0.25, -0.2) is 4.98 Å². The van der Waals surface area contributed by atoms with Crippen LogP contribution in [0.25, 0.3) is 0 Å². The van der Waals surface area contributed by atoms with Crippen LogP contribution in [-0.2, 0) is 13.0 Å². The van der Waals surface area contributed by atoms with Crippen molar-refractivity contribution < 1.29 is 0 Å². The molecule has 1 saturated heterocycles. The van der Waals surface area contributed by atoms with Crippen LogP contribution < -0.4 is 5.73 Å². The van der Waals surface area contributed by atoms with Gasteiger partial charge in [-0.05, 0) is 31.4 Å². The second-order valence-electron chi connectivity index (χ2n) is 4.52. The first-order chi connectivity index (χ1) is 7.34. The van der Waals surface area contributed by atoms with Crippen molar-refractivity contribution in [2.45, 2.75) is 43.5 Å². The van der Waals surface area contributed by atoms with Gasteiger partial charge in [0.25, 0.3) is 0 Å². The van der Waals surface area contributed by atoms with E-state index in [9.17, 15) is 0 Å². The van der Waals surface area contributed by atoms with Crippen LogP contribution in [0.1, 0.15) is 36.0 Å². The highest BCUT2D eigenvalue weighted by molar-refractivity contribution is 7.99. The lowest BCUT2D eigenvalue weighted by Crippen LogP contribution is -2.32. The Morgan fingerprint density at radius 3 is 3.06 bits per heavy atom. The third-order valence-corrected chi connectivity index (χ3v) is 4.75. The van der Waals surface area contributed by atoms with Gasteiger partial charge in [0.1, 0.15) is 5.82 Å². The lowest BCUT2D eigenvalue weighted by molar-refractivity contribution is 0.447. The summed E-state index contributed by atoms with van der Waals surface area (Å²) in [7, 11) is 0. The number of nitrogens with zero attached hydrogens (tertiary/aromatic N) is 2. The predicted octanol–water partition coefficient (Wildman–Crippen LogP) is 2.15. The number of halogens is 1. The molecule has 1 fully saturated rings. The topological polar surface area (TPSA) is 43.8 Å². The van der Waals surface area contributed by atoms with Gasteiger partial charge in [0.15, 0.2) is 0 Å². The predicted molar refractivity (Wildman–Crippen MR) is 70.2 cm³/mol. The molecule has 0 aliphatic carbocycles. The van der Waals surface area contributed by atoms with E-state index in [1.165, 1.54) is 30.1 Å². The Bertz CT molecular complexity index is 360. The Morgan fingerprint density at radius 2 is 2.31 bits per heavy atom. The van der Waals surface area contributed by atoms with Crippen molar-refractivity contribution in [2.75, 3.05) is 5.75 Å². The van der Waals surface area contributed by atoms with E-state index in [1.807, 2.05) is 11.8 Å². The molecule has 3 rings (SSSR count). The van der Waals surface area contributed by atoms with Gasteiger partial charge in [-0.2, -0.15) is 11.8 Å². The third-order valence-electron chi connectivity index (χ3n) is 3.38. The summed E-state index contributed by atoms with van der Waals surface area (Å²) >= 11 is 2.05. The van der Waals surface area contributed by atoms with Crippen LogP contribution in [0.4, 0.5) is 0 Å². The monoisotopic (exact) mass is 259 g/mol. The van der Waals surface area contributed by atoms with Crippen LogP contribution in [0, 0.1) is 0 Å². The summed E-state index contributed by atoms with van der Waals surface area (Å²) in [6.45, 7) is 0.974. The average Bonchev–Trinajstić information content (AvgIpc) is 2.83. The van der Waals surface area contributed by atoms with Crippen molar-refractivity contribution in [3.63, 3.8) is 0 Å². The van der Waals surface area contributed by atoms with E-state index in [0.717, 1.165) is 19.4 Å². The number of hydrogen-bond acceptors (Lipinski definition) is 3. The number of aryl methyl sites for hydroxylation is 1. The van der Waals surface area contributed by atoms with Crippen LogP contribution in [0.5, 0.6) is 0 Å². The fraction of sp³-hybridized carbons (Fsp3) is 0.727. The van der Waals surface area contributed by atoms with E-state index in [1.54, 1.807) is 0 Å². The second-order valence-corrected chi connectivity index (χ2v) is 5.83. The normalized spacial score (nSPS) is 28.6. The Balaban J connectivity index is 0.000000963. The number of fused-ring (bicyclic) bond motifs is 1. The molecule has 0 radical (unpaired) electrons. The fourth-order valence-corrected chi connectivity index (χ4v) is 3.82. The zero-order valence-corrected chi connectivity index (χ0v) is 10.9. The molecule has 2 atom stereocenters. The largest absolute Gasteiger partial charge is 0.330 e. The average molecular weight is 260 g/mol. The van der Waals surface area contributed by atoms with Crippen LogP contribution in [0.15, 0.2) is 6.20 Å². The van der Waals surface area contributed by atoms with Crippen LogP contribution in [0.3, 0.4) is 0 Å². The molecule has 2 unspecified atom stereocenters. The molecule has 3 heterocycles. The van der Waals surface area contributed by atoms with Crippen molar-refractivity contribution in [3.05, 3.63) is 17.7 Å². The molecule has 1 aromatic rings. The molecule has 2 N–H and O–H groups in total. The molecule has 2 aliphatic heterocycles. The summed E-state index contributed by atoms with van der Waals surface area (Å²) < 4.78 is 2.37. The first-order valence-electron chi connectivity index (χ1n) is 5.76. The van der Waals surface area contributed by atoms with Gasteiger partial charge in [-0.3, -0.25) is 0 Å². The van der Waals surface area contributed by atoms with Gasteiger partial charge in [0.05, 0.1) is 5.25 Å². The molecule has 0 aromatic carbocycles. The van der Waals surface area contributed by atoms with Crippen LogP contribution in [0.2, 0.25) is 0 Å². The minimum absolute atomic E-state index is 0. The summed E-state index contributed by atoms with van der Waals surface area (Å²) in [5.41, 5.74) is 7.41. The van der Waals surface area contributed by atoms with E-state index in [0.29, 0.717) is 11.3 Å². The number of aromatic nitrogens is 2. The molecule has 0 bridgehead atoms. The van der Waals surface area contributed by atoms with E-state index >= 15 is 0 Å². The second kappa shape index (κ2) is 4.98. The molecule has 0 amide bonds. The van der Waals surface area contributed by atoms with Crippen molar-refractivity contribution in [1.29, 1.82) is 0 Å². The van der Waals surface area contributed by atoms with Crippen molar-refractivity contribution >= 4 is 24.2 Å². The summed E-state index contributed by atoms with van der Waals surface area (Å²) in [5.74, 6) is 2.57. The molecular formula is C11H18ClN3S. The Morgan fingerprint density at radius 1 is 1.44 bits per heavy atom. The van der Waals surface area contributed by atoms with Gasteiger partial charge in [0.2, 0.25) is 0 Å². The van der Waals surface area contributed by atoms with E-state index in [-0.39, 0.29) is 12.4 Å². The zero-order valence-electron chi connectivity index (χ0n) is 9.26. The van der Waals surface area contributed by atoms with Crippen molar-refractivity contribution in [3.8, 4) is 0 Å². The Kier molecular flexibility index (Phi) is 3.82.